The Hall–Kier alpha value is -7.99. The van der Waals surface area contributed by atoms with E-state index < -0.39 is 5.41 Å². The summed E-state index contributed by atoms with van der Waals surface area (Å²) >= 11 is 1.81. The van der Waals surface area contributed by atoms with Crippen LogP contribution in [0.2, 0.25) is 0 Å². The fraction of sp³-hybridized carbons (Fsp3) is 0.0172. The van der Waals surface area contributed by atoms with E-state index in [1.165, 1.54) is 64.7 Å². The lowest BCUT2D eigenvalue weighted by Gasteiger charge is -2.34. The zero-order valence-corrected chi connectivity index (χ0v) is 34.8. The average Bonchev–Trinajstić information content (AvgIpc) is 4.00. The summed E-state index contributed by atoms with van der Waals surface area (Å²) in [6.45, 7) is 0. The number of aromatic nitrogens is 4. The lowest BCUT2D eigenvalue weighted by molar-refractivity contribution is 0.769. The average molecular weight is 821 g/mol. The zero-order valence-electron chi connectivity index (χ0n) is 34.0. The van der Waals surface area contributed by atoms with Crippen LogP contribution in [-0.4, -0.2) is 19.5 Å². The van der Waals surface area contributed by atoms with Gasteiger partial charge >= 0.3 is 0 Å². The van der Waals surface area contributed by atoms with Crippen molar-refractivity contribution >= 4 is 53.3 Å². The predicted molar refractivity (Wildman–Crippen MR) is 261 cm³/mol. The van der Waals surface area contributed by atoms with Gasteiger partial charge in [-0.2, -0.15) is 9.97 Å². The summed E-state index contributed by atoms with van der Waals surface area (Å²) in [6.07, 6.45) is 0. The molecule has 0 fully saturated rings. The van der Waals surface area contributed by atoms with Crippen molar-refractivity contribution in [2.75, 3.05) is 0 Å². The maximum atomic E-state index is 5.43. The van der Waals surface area contributed by atoms with E-state index in [9.17, 15) is 0 Å². The third-order valence-corrected chi connectivity index (χ3v) is 14.1. The van der Waals surface area contributed by atoms with Gasteiger partial charge in [-0.25, -0.2) is 4.98 Å². The highest BCUT2D eigenvalue weighted by Gasteiger charge is 2.46. The molecule has 0 N–H and O–H groups in total. The normalized spacial score (nSPS) is 12.9. The number of hydrogen-bond acceptors (Lipinski definition) is 4. The molecule has 1 aliphatic carbocycles. The van der Waals surface area contributed by atoms with Gasteiger partial charge in [0.15, 0.2) is 11.6 Å². The first kappa shape index (κ1) is 35.7. The number of rotatable bonds is 6. The summed E-state index contributed by atoms with van der Waals surface area (Å²) in [5.41, 5.74) is 13.3. The number of para-hydroxylation sites is 1. The molecule has 0 spiro atoms. The molecule has 5 heteroatoms. The zero-order chi connectivity index (χ0) is 41.5. The van der Waals surface area contributed by atoms with Gasteiger partial charge in [-0.15, -0.1) is 11.3 Å². The van der Waals surface area contributed by atoms with Crippen molar-refractivity contribution in [1.82, 2.24) is 19.5 Å². The van der Waals surface area contributed by atoms with E-state index in [2.05, 4.69) is 205 Å². The summed E-state index contributed by atoms with van der Waals surface area (Å²) in [6, 6.07) is 78.6. The van der Waals surface area contributed by atoms with E-state index in [1.807, 2.05) is 29.5 Å². The van der Waals surface area contributed by atoms with Crippen molar-refractivity contribution in [2.45, 2.75) is 5.41 Å². The lowest BCUT2D eigenvalue weighted by Crippen LogP contribution is -2.28. The van der Waals surface area contributed by atoms with E-state index in [1.54, 1.807) is 0 Å². The molecule has 4 nitrogen and oxygen atoms in total. The molecule has 0 radical (unpaired) electrons. The van der Waals surface area contributed by atoms with E-state index in [-0.39, 0.29) is 0 Å². The number of nitrogens with zero attached hydrogens (tertiary/aromatic N) is 4. The van der Waals surface area contributed by atoms with Crippen molar-refractivity contribution in [2.24, 2.45) is 0 Å². The summed E-state index contributed by atoms with van der Waals surface area (Å²) in [5, 5.41) is 4.81. The number of benzene rings is 9. The summed E-state index contributed by atoms with van der Waals surface area (Å²) in [7, 11) is 0. The minimum atomic E-state index is -0.552. The molecule has 9 aromatic carbocycles. The Morgan fingerprint density at radius 1 is 0.365 bits per heavy atom. The van der Waals surface area contributed by atoms with Crippen molar-refractivity contribution in [1.29, 1.82) is 0 Å². The van der Waals surface area contributed by atoms with Gasteiger partial charge < -0.3 is 0 Å². The Kier molecular flexibility index (Phi) is 7.96. The Balaban J connectivity index is 1.08. The number of thiophene rings is 1. The largest absolute Gasteiger partial charge is 0.278 e. The first-order valence-corrected chi connectivity index (χ1v) is 22.2. The van der Waals surface area contributed by atoms with Crippen LogP contribution in [0.5, 0.6) is 0 Å². The van der Waals surface area contributed by atoms with Gasteiger partial charge in [-0.3, -0.25) is 4.57 Å². The van der Waals surface area contributed by atoms with E-state index in [4.69, 9.17) is 15.0 Å². The molecule has 0 aliphatic heterocycles. The van der Waals surface area contributed by atoms with Crippen molar-refractivity contribution < 1.29 is 0 Å². The third kappa shape index (κ3) is 5.37. The molecule has 63 heavy (non-hydrogen) atoms. The SMILES string of the molecule is c1ccc(-c2nc(-c3ccc4c(c3)sc3cccc(-c5ccccc5)c34)nc(-n3c4ccccc4c4cc5c(cc43)C(c3ccccc3)(c3ccccc3)c3ccccc3-5)n2)cc1. The monoisotopic (exact) mass is 820 g/mol. The number of fused-ring (bicyclic) bond motifs is 9. The molecule has 1 aliphatic rings. The van der Waals surface area contributed by atoms with Crippen LogP contribution < -0.4 is 0 Å². The molecule has 0 amide bonds. The first-order valence-electron chi connectivity index (χ1n) is 21.4. The van der Waals surface area contributed by atoms with Crippen LogP contribution in [0.15, 0.2) is 218 Å². The summed E-state index contributed by atoms with van der Waals surface area (Å²) in [5.74, 6) is 1.83. The minimum Gasteiger partial charge on any atom is -0.278 e. The van der Waals surface area contributed by atoms with Crippen LogP contribution in [0.4, 0.5) is 0 Å². The van der Waals surface area contributed by atoms with Gasteiger partial charge in [0, 0.05) is 42.1 Å². The highest BCUT2D eigenvalue weighted by atomic mass is 32.1. The van der Waals surface area contributed by atoms with E-state index >= 15 is 0 Å². The molecule has 0 unspecified atom stereocenters. The molecule has 3 aromatic heterocycles. The van der Waals surface area contributed by atoms with Crippen LogP contribution in [-0.2, 0) is 5.41 Å². The molecular formula is C58H36N4S. The van der Waals surface area contributed by atoms with Gasteiger partial charge in [0.25, 0.3) is 0 Å². The van der Waals surface area contributed by atoms with Crippen LogP contribution in [0.1, 0.15) is 22.3 Å². The first-order chi connectivity index (χ1) is 31.2. The van der Waals surface area contributed by atoms with Crippen LogP contribution >= 0.6 is 11.3 Å². The molecule has 0 bridgehead atoms. The van der Waals surface area contributed by atoms with E-state index in [0.29, 0.717) is 17.6 Å². The summed E-state index contributed by atoms with van der Waals surface area (Å²) in [4.78, 5) is 16.0. The van der Waals surface area contributed by atoms with Gasteiger partial charge in [-0.1, -0.05) is 188 Å². The van der Waals surface area contributed by atoms with Crippen LogP contribution in [0.25, 0.3) is 93.0 Å². The maximum Gasteiger partial charge on any atom is 0.238 e. The Bertz CT molecular complexity index is 3690. The highest BCUT2D eigenvalue weighted by Crippen LogP contribution is 2.57. The van der Waals surface area contributed by atoms with Gasteiger partial charge in [0.1, 0.15) is 0 Å². The third-order valence-electron chi connectivity index (χ3n) is 12.9. The topological polar surface area (TPSA) is 43.6 Å². The molecule has 13 rings (SSSR count). The standard InChI is InChI=1S/C58H36N4S/c1-5-18-37(19-6-1)42-28-17-31-52-54(42)45-33-32-39(34-53(45)63-52)56-59-55(38-20-7-2-8-21-38)60-57(61-56)62-50-30-16-14-27-44(50)47-35-46-43-26-13-15-29-48(43)58(49(46)36-51(47)62,40-22-9-3-10-23-40)41-24-11-4-12-25-41/h1-36H. The minimum absolute atomic E-state index is 0.552. The second-order valence-corrected chi connectivity index (χ2v) is 17.4. The van der Waals surface area contributed by atoms with Crippen molar-refractivity contribution in [3.05, 3.63) is 241 Å². The van der Waals surface area contributed by atoms with Crippen molar-refractivity contribution in [3.63, 3.8) is 0 Å². The lowest BCUT2D eigenvalue weighted by atomic mass is 9.67. The van der Waals surface area contributed by atoms with Gasteiger partial charge in [-0.05, 0) is 74.8 Å². The van der Waals surface area contributed by atoms with Gasteiger partial charge in [0.2, 0.25) is 5.95 Å². The fourth-order valence-electron chi connectivity index (χ4n) is 10.3. The maximum absolute atomic E-state index is 5.43. The molecule has 3 heterocycles. The number of hydrogen-bond donors (Lipinski definition) is 0. The quantitative estimate of drug-likeness (QED) is 0.168. The van der Waals surface area contributed by atoms with Crippen molar-refractivity contribution in [3.8, 4) is 51.0 Å². The highest BCUT2D eigenvalue weighted by molar-refractivity contribution is 7.26. The molecule has 0 atom stereocenters. The summed E-state index contributed by atoms with van der Waals surface area (Å²) < 4.78 is 4.71. The molecule has 0 saturated carbocycles. The Morgan fingerprint density at radius 2 is 0.984 bits per heavy atom. The van der Waals surface area contributed by atoms with Crippen LogP contribution in [0, 0.1) is 0 Å². The predicted octanol–water partition coefficient (Wildman–Crippen LogP) is 14.7. The molecule has 0 saturated heterocycles. The molecular weight excluding hydrogens is 785 g/mol. The second kappa shape index (κ2) is 14.0. The Morgan fingerprint density at radius 3 is 1.73 bits per heavy atom. The van der Waals surface area contributed by atoms with Crippen LogP contribution in [0.3, 0.4) is 0 Å². The molecule has 12 aromatic rings. The second-order valence-electron chi connectivity index (χ2n) is 16.3. The molecule has 294 valence electrons. The van der Waals surface area contributed by atoms with Gasteiger partial charge in [0.05, 0.1) is 16.4 Å². The Labute approximate surface area is 368 Å². The van der Waals surface area contributed by atoms with E-state index in [0.717, 1.165) is 32.9 Å². The fourth-order valence-corrected chi connectivity index (χ4v) is 11.4. The smallest absolute Gasteiger partial charge is 0.238 e.